The quantitative estimate of drug-likeness (QED) is 0.601. The minimum atomic E-state index is -0.698. The molecule has 0 saturated heterocycles. The van der Waals surface area contributed by atoms with Gasteiger partial charge in [0.05, 0.1) is 6.20 Å². The van der Waals surface area contributed by atoms with Gasteiger partial charge in [-0.1, -0.05) is 0 Å². The van der Waals surface area contributed by atoms with Crippen molar-refractivity contribution in [1.29, 1.82) is 0 Å². The van der Waals surface area contributed by atoms with Crippen LogP contribution >= 0.6 is 12.6 Å². The van der Waals surface area contributed by atoms with E-state index in [1.54, 1.807) is 0 Å². The number of carbonyl (C=O) groups is 1. The molecule has 0 fully saturated rings. The Kier molecular flexibility index (Phi) is 3.12. The molecule has 0 bridgehead atoms. The molecule has 2 N–H and O–H groups in total. The predicted molar refractivity (Wildman–Crippen MR) is 45.6 cm³/mol. The second-order valence-corrected chi connectivity index (χ2v) is 2.49. The Hall–Kier alpha value is -1.01. The highest BCUT2D eigenvalue weighted by molar-refractivity contribution is 7.80. The van der Waals surface area contributed by atoms with E-state index in [1.165, 1.54) is 23.5 Å². The van der Waals surface area contributed by atoms with Crippen molar-refractivity contribution in [3.8, 4) is 0 Å². The van der Waals surface area contributed by atoms with Gasteiger partial charge in [-0.25, -0.2) is 9.78 Å². The molecule has 0 radical (unpaired) electrons. The molecule has 1 heterocycles. The standard InChI is InChI=1S/C6H9N3O2S/c7-5(3-12)6(10)11-9-2-1-8-4-9/h1-2,4-5,12H,3,7H2/t5-/m0/s1. The van der Waals surface area contributed by atoms with Crippen molar-refractivity contribution in [3.63, 3.8) is 0 Å². The first kappa shape index (κ1) is 9.08. The van der Waals surface area contributed by atoms with Crippen LogP contribution < -0.4 is 10.6 Å². The summed E-state index contributed by atoms with van der Waals surface area (Å²) in [5, 5.41) is 0. The highest BCUT2D eigenvalue weighted by atomic mass is 32.1. The predicted octanol–water partition coefficient (Wildman–Crippen LogP) is -0.905. The minimum absolute atomic E-state index is 0.257. The van der Waals surface area contributed by atoms with Gasteiger partial charge in [0.2, 0.25) is 0 Å². The number of nitrogens with zero attached hydrogens (tertiary/aromatic N) is 2. The number of hydrogen-bond donors (Lipinski definition) is 2. The van der Waals surface area contributed by atoms with Crippen LogP contribution in [0.4, 0.5) is 0 Å². The molecule has 12 heavy (non-hydrogen) atoms. The molecule has 1 aromatic heterocycles. The molecule has 1 atom stereocenters. The molecule has 0 aliphatic rings. The largest absolute Gasteiger partial charge is 0.350 e. The Morgan fingerprint density at radius 3 is 3.08 bits per heavy atom. The number of imidazole rings is 1. The van der Waals surface area contributed by atoms with Crippen molar-refractivity contribution in [2.24, 2.45) is 5.73 Å². The first-order chi connectivity index (χ1) is 5.74. The van der Waals surface area contributed by atoms with E-state index < -0.39 is 12.0 Å². The van der Waals surface area contributed by atoms with E-state index in [1.807, 2.05) is 0 Å². The summed E-state index contributed by atoms with van der Waals surface area (Å²) < 4.78 is 1.19. The summed E-state index contributed by atoms with van der Waals surface area (Å²) in [4.78, 5) is 19.4. The van der Waals surface area contributed by atoms with Gasteiger partial charge in [-0.05, 0) is 0 Å². The fourth-order valence-corrected chi connectivity index (χ4v) is 0.696. The van der Waals surface area contributed by atoms with Crippen LogP contribution in [-0.4, -0.2) is 27.5 Å². The number of nitrogens with two attached hydrogens (primary N) is 1. The van der Waals surface area contributed by atoms with E-state index in [0.717, 1.165) is 0 Å². The van der Waals surface area contributed by atoms with Gasteiger partial charge in [0.15, 0.2) is 0 Å². The van der Waals surface area contributed by atoms with Gasteiger partial charge in [-0.15, -0.1) is 0 Å². The smallest absolute Gasteiger partial charge is 0.334 e. The summed E-state index contributed by atoms with van der Waals surface area (Å²) in [6.07, 6.45) is 4.37. The molecule has 0 spiro atoms. The van der Waals surface area contributed by atoms with Crippen LogP contribution in [0.3, 0.4) is 0 Å². The zero-order valence-corrected chi connectivity index (χ0v) is 7.15. The Bertz CT molecular complexity index is 249. The summed E-state index contributed by atoms with van der Waals surface area (Å²) in [7, 11) is 0. The highest BCUT2D eigenvalue weighted by Crippen LogP contribution is 1.87. The Balaban J connectivity index is 2.47. The van der Waals surface area contributed by atoms with Gasteiger partial charge in [0, 0.05) is 11.9 Å². The molecule has 0 aliphatic carbocycles. The average Bonchev–Trinajstić information content (AvgIpc) is 2.55. The van der Waals surface area contributed by atoms with Gasteiger partial charge < -0.3 is 10.6 Å². The molecule has 0 unspecified atom stereocenters. The molecule has 1 rings (SSSR count). The second kappa shape index (κ2) is 4.13. The van der Waals surface area contributed by atoms with Gasteiger partial charge in [-0.2, -0.15) is 17.4 Å². The van der Waals surface area contributed by atoms with E-state index in [4.69, 9.17) is 10.6 Å². The van der Waals surface area contributed by atoms with E-state index in [9.17, 15) is 4.79 Å². The topological polar surface area (TPSA) is 70.1 Å². The summed E-state index contributed by atoms with van der Waals surface area (Å²) in [6.45, 7) is 0. The van der Waals surface area contributed by atoms with E-state index in [0.29, 0.717) is 0 Å². The van der Waals surface area contributed by atoms with Crippen molar-refractivity contribution < 1.29 is 9.63 Å². The Labute approximate surface area is 74.9 Å². The number of thiol groups is 1. The fraction of sp³-hybridized carbons (Fsp3) is 0.333. The molecule has 1 aromatic rings. The lowest BCUT2D eigenvalue weighted by Gasteiger charge is -2.07. The molecule has 0 saturated carbocycles. The molecule has 0 amide bonds. The van der Waals surface area contributed by atoms with Gasteiger partial charge in [0.25, 0.3) is 0 Å². The lowest BCUT2D eigenvalue weighted by Crippen LogP contribution is -2.38. The molecular weight excluding hydrogens is 178 g/mol. The highest BCUT2D eigenvalue weighted by Gasteiger charge is 2.13. The first-order valence-corrected chi connectivity index (χ1v) is 3.94. The molecule has 66 valence electrons. The van der Waals surface area contributed by atoms with Crippen molar-refractivity contribution >= 4 is 18.6 Å². The van der Waals surface area contributed by atoms with Crippen LogP contribution in [0.15, 0.2) is 18.7 Å². The van der Waals surface area contributed by atoms with Crippen molar-refractivity contribution in [3.05, 3.63) is 18.7 Å². The van der Waals surface area contributed by atoms with Crippen LogP contribution in [0, 0.1) is 0 Å². The van der Waals surface area contributed by atoms with Gasteiger partial charge >= 0.3 is 5.97 Å². The van der Waals surface area contributed by atoms with Crippen molar-refractivity contribution in [1.82, 2.24) is 9.71 Å². The maximum absolute atomic E-state index is 11.0. The van der Waals surface area contributed by atoms with Crippen molar-refractivity contribution in [2.45, 2.75) is 6.04 Å². The third kappa shape index (κ3) is 2.24. The fourth-order valence-electron chi connectivity index (χ4n) is 0.547. The lowest BCUT2D eigenvalue weighted by atomic mass is 10.4. The third-order valence-electron chi connectivity index (χ3n) is 1.17. The maximum atomic E-state index is 11.0. The maximum Gasteiger partial charge on any atom is 0.350 e. The molecule has 5 nitrogen and oxygen atoms in total. The monoisotopic (exact) mass is 187 g/mol. The van der Waals surface area contributed by atoms with E-state index >= 15 is 0 Å². The van der Waals surface area contributed by atoms with Gasteiger partial charge in [-0.3, -0.25) is 0 Å². The summed E-state index contributed by atoms with van der Waals surface area (Å²) >= 11 is 3.86. The number of aromatic nitrogens is 2. The number of hydrogen-bond acceptors (Lipinski definition) is 5. The van der Waals surface area contributed by atoms with E-state index in [2.05, 4.69) is 17.6 Å². The van der Waals surface area contributed by atoms with Crippen molar-refractivity contribution in [2.75, 3.05) is 5.75 Å². The molecular formula is C6H9N3O2S. The summed E-state index contributed by atoms with van der Waals surface area (Å²) in [5.41, 5.74) is 5.35. The normalized spacial score (nSPS) is 12.5. The minimum Gasteiger partial charge on any atom is -0.334 e. The summed E-state index contributed by atoms with van der Waals surface area (Å²) in [5.74, 6) is -0.268. The number of rotatable bonds is 3. The van der Waals surface area contributed by atoms with Crippen LogP contribution in [0.1, 0.15) is 0 Å². The second-order valence-electron chi connectivity index (χ2n) is 2.12. The Morgan fingerprint density at radius 2 is 2.58 bits per heavy atom. The molecule has 6 heteroatoms. The SMILES string of the molecule is N[C@@H](CS)C(=O)On1ccnc1. The molecule has 0 aromatic carbocycles. The van der Waals surface area contributed by atoms with Gasteiger partial charge in [0.1, 0.15) is 12.4 Å². The number of carbonyl (C=O) groups excluding carboxylic acids is 1. The molecule has 0 aliphatic heterocycles. The Morgan fingerprint density at radius 1 is 1.83 bits per heavy atom. The average molecular weight is 187 g/mol. The first-order valence-electron chi connectivity index (χ1n) is 3.30. The zero-order valence-electron chi connectivity index (χ0n) is 6.25. The van der Waals surface area contributed by atoms with Crippen LogP contribution in [0.5, 0.6) is 0 Å². The lowest BCUT2D eigenvalue weighted by molar-refractivity contribution is -0.145. The zero-order chi connectivity index (χ0) is 8.97. The summed E-state index contributed by atoms with van der Waals surface area (Å²) in [6, 6.07) is -0.698. The third-order valence-corrected chi connectivity index (χ3v) is 1.57. The van der Waals surface area contributed by atoms with Crippen LogP contribution in [0.2, 0.25) is 0 Å². The van der Waals surface area contributed by atoms with Crippen LogP contribution in [0.25, 0.3) is 0 Å². The van der Waals surface area contributed by atoms with E-state index in [-0.39, 0.29) is 5.75 Å². The van der Waals surface area contributed by atoms with Crippen LogP contribution in [-0.2, 0) is 4.79 Å².